The maximum atomic E-state index is 12.8. The zero-order valence-electron chi connectivity index (χ0n) is 14.9. The summed E-state index contributed by atoms with van der Waals surface area (Å²) in [5.74, 6) is 0.422. The predicted octanol–water partition coefficient (Wildman–Crippen LogP) is 3.06. The van der Waals surface area contributed by atoms with Gasteiger partial charge in [0.05, 0.1) is 7.11 Å². The third-order valence-corrected chi connectivity index (χ3v) is 6.43. The second kappa shape index (κ2) is 8.41. The molecular weight excluding hydrogens is 432 g/mol. The molecular formula is C19H21BrN2O4S. The second-order valence-corrected chi connectivity index (χ2v) is 8.96. The van der Waals surface area contributed by atoms with Crippen LogP contribution in [0.2, 0.25) is 0 Å². The van der Waals surface area contributed by atoms with E-state index < -0.39 is 10.0 Å². The van der Waals surface area contributed by atoms with Crippen LogP contribution in [-0.4, -0.2) is 32.9 Å². The quantitative estimate of drug-likeness (QED) is 0.700. The number of carbonyl (C=O) groups excluding carboxylic acids is 1. The van der Waals surface area contributed by atoms with Gasteiger partial charge >= 0.3 is 0 Å². The molecule has 1 heterocycles. The van der Waals surface area contributed by atoms with Crippen molar-refractivity contribution in [1.29, 1.82) is 0 Å². The molecule has 2 aromatic carbocycles. The van der Waals surface area contributed by atoms with E-state index in [0.29, 0.717) is 17.4 Å². The molecule has 0 aliphatic carbocycles. The van der Waals surface area contributed by atoms with Crippen molar-refractivity contribution in [1.82, 2.24) is 9.62 Å². The summed E-state index contributed by atoms with van der Waals surface area (Å²) in [4.78, 5) is 13.8. The number of hydrogen-bond donors (Lipinski definition) is 1. The first-order valence-corrected chi connectivity index (χ1v) is 10.9. The fourth-order valence-electron chi connectivity index (χ4n) is 3.07. The van der Waals surface area contributed by atoms with Gasteiger partial charge in [0, 0.05) is 30.5 Å². The Morgan fingerprint density at radius 2 is 1.93 bits per heavy atom. The fraction of sp³-hybridized carbons (Fsp3) is 0.316. The highest BCUT2D eigenvalue weighted by molar-refractivity contribution is 9.10. The van der Waals surface area contributed by atoms with Crippen molar-refractivity contribution in [2.75, 3.05) is 13.7 Å². The lowest BCUT2D eigenvalue weighted by atomic mass is 10.1. The van der Waals surface area contributed by atoms with Gasteiger partial charge in [0.2, 0.25) is 15.9 Å². The smallest absolute Gasteiger partial charge is 0.244 e. The van der Waals surface area contributed by atoms with Gasteiger partial charge in [-0.1, -0.05) is 40.2 Å². The van der Waals surface area contributed by atoms with E-state index in [1.54, 1.807) is 12.1 Å². The van der Waals surface area contributed by atoms with E-state index in [1.807, 2.05) is 29.2 Å². The number of rotatable bonds is 7. The summed E-state index contributed by atoms with van der Waals surface area (Å²) in [5.41, 5.74) is 1.78. The van der Waals surface area contributed by atoms with Crippen LogP contribution in [0.15, 0.2) is 51.8 Å². The largest absolute Gasteiger partial charge is 0.495 e. The summed E-state index contributed by atoms with van der Waals surface area (Å²) in [5, 5.41) is 0. The molecule has 0 unspecified atom stereocenters. The molecule has 1 fully saturated rings. The average Bonchev–Trinajstić information content (AvgIpc) is 3.06. The maximum absolute atomic E-state index is 12.8. The van der Waals surface area contributed by atoms with Crippen molar-refractivity contribution in [3.05, 3.63) is 58.1 Å². The normalized spacial score (nSPS) is 14.6. The van der Waals surface area contributed by atoms with E-state index in [4.69, 9.17) is 4.74 Å². The van der Waals surface area contributed by atoms with Crippen LogP contribution in [0, 0.1) is 0 Å². The van der Waals surface area contributed by atoms with Crippen molar-refractivity contribution in [2.45, 2.75) is 30.8 Å². The van der Waals surface area contributed by atoms with Crippen LogP contribution < -0.4 is 9.46 Å². The number of ether oxygens (including phenoxy) is 1. The molecule has 0 spiro atoms. The van der Waals surface area contributed by atoms with E-state index in [0.717, 1.165) is 24.1 Å². The number of amides is 1. The first-order chi connectivity index (χ1) is 12.9. The van der Waals surface area contributed by atoms with Gasteiger partial charge in [-0.15, -0.1) is 0 Å². The molecule has 3 rings (SSSR count). The van der Waals surface area contributed by atoms with Crippen LogP contribution in [0.1, 0.15) is 24.0 Å². The molecule has 0 atom stereocenters. The lowest BCUT2D eigenvalue weighted by molar-refractivity contribution is -0.128. The first kappa shape index (κ1) is 19.9. The number of nitrogens with zero attached hydrogens (tertiary/aromatic N) is 1. The van der Waals surface area contributed by atoms with Gasteiger partial charge in [0.25, 0.3) is 0 Å². The Hall–Kier alpha value is -1.90. The Morgan fingerprint density at radius 3 is 2.59 bits per heavy atom. The predicted molar refractivity (Wildman–Crippen MR) is 106 cm³/mol. The Bertz CT molecular complexity index is 946. The van der Waals surface area contributed by atoms with Crippen molar-refractivity contribution in [3.63, 3.8) is 0 Å². The molecule has 1 saturated heterocycles. The van der Waals surface area contributed by atoms with Gasteiger partial charge in [0.1, 0.15) is 10.6 Å². The molecule has 0 aromatic heterocycles. The van der Waals surface area contributed by atoms with Gasteiger partial charge < -0.3 is 9.64 Å². The van der Waals surface area contributed by atoms with E-state index in [1.165, 1.54) is 13.2 Å². The van der Waals surface area contributed by atoms with Crippen LogP contribution in [0.4, 0.5) is 0 Å². The standard InChI is InChI=1S/C19H21BrN2O4S/c1-26-17-9-8-16(20)11-18(17)27(24,25)21-12-14-5-2-3-6-15(14)13-22-10-4-7-19(22)23/h2-3,5-6,8-9,11,21H,4,7,10,12-13H2,1H3. The van der Waals surface area contributed by atoms with Gasteiger partial charge in [-0.3, -0.25) is 4.79 Å². The van der Waals surface area contributed by atoms with Crippen molar-refractivity contribution in [2.24, 2.45) is 0 Å². The first-order valence-electron chi connectivity index (χ1n) is 8.58. The van der Waals surface area contributed by atoms with Gasteiger partial charge in [-0.2, -0.15) is 0 Å². The summed E-state index contributed by atoms with van der Waals surface area (Å²) in [7, 11) is -2.33. The Kier molecular flexibility index (Phi) is 6.18. The van der Waals surface area contributed by atoms with Crippen LogP contribution in [0.3, 0.4) is 0 Å². The zero-order valence-corrected chi connectivity index (χ0v) is 17.3. The number of carbonyl (C=O) groups is 1. The van der Waals surface area contributed by atoms with E-state index in [2.05, 4.69) is 20.7 Å². The molecule has 144 valence electrons. The fourth-order valence-corrected chi connectivity index (χ4v) is 4.78. The van der Waals surface area contributed by atoms with Crippen molar-refractivity contribution < 1.29 is 17.9 Å². The lowest BCUT2D eigenvalue weighted by Crippen LogP contribution is -2.27. The number of sulfonamides is 1. The molecule has 1 aliphatic rings. The minimum absolute atomic E-state index is 0.0755. The topological polar surface area (TPSA) is 75.7 Å². The molecule has 1 amide bonds. The minimum Gasteiger partial charge on any atom is -0.495 e. The highest BCUT2D eigenvalue weighted by Gasteiger charge is 2.22. The van der Waals surface area contributed by atoms with Crippen molar-refractivity contribution >= 4 is 31.9 Å². The summed E-state index contributed by atoms with van der Waals surface area (Å²) in [6.45, 7) is 1.38. The van der Waals surface area contributed by atoms with Crippen LogP contribution in [0.5, 0.6) is 5.75 Å². The molecule has 0 radical (unpaired) electrons. The van der Waals surface area contributed by atoms with Crippen LogP contribution in [0.25, 0.3) is 0 Å². The zero-order chi connectivity index (χ0) is 19.4. The van der Waals surface area contributed by atoms with Gasteiger partial charge in [-0.25, -0.2) is 13.1 Å². The lowest BCUT2D eigenvalue weighted by Gasteiger charge is -2.18. The minimum atomic E-state index is -3.76. The Morgan fingerprint density at radius 1 is 1.19 bits per heavy atom. The number of hydrogen-bond acceptors (Lipinski definition) is 4. The number of benzene rings is 2. The van der Waals surface area contributed by atoms with Gasteiger partial charge in [0.15, 0.2) is 0 Å². The highest BCUT2D eigenvalue weighted by Crippen LogP contribution is 2.27. The number of methoxy groups -OCH3 is 1. The number of likely N-dealkylation sites (tertiary alicyclic amines) is 1. The van der Waals surface area contributed by atoms with E-state index in [-0.39, 0.29) is 23.1 Å². The highest BCUT2D eigenvalue weighted by atomic mass is 79.9. The van der Waals surface area contributed by atoms with Crippen molar-refractivity contribution in [3.8, 4) is 5.75 Å². The molecule has 6 nitrogen and oxygen atoms in total. The third-order valence-electron chi connectivity index (χ3n) is 4.52. The van der Waals surface area contributed by atoms with Gasteiger partial charge in [-0.05, 0) is 35.7 Å². The monoisotopic (exact) mass is 452 g/mol. The molecule has 1 aliphatic heterocycles. The Balaban J connectivity index is 1.78. The number of halogens is 1. The van der Waals surface area contributed by atoms with Crippen LogP contribution >= 0.6 is 15.9 Å². The molecule has 2 aromatic rings. The average molecular weight is 453 g/mol. The SMILES string of the molecule is COc1ccc(Br)cc1S(=O)(=O)NCc1ccccc1CN1CCCC1=O. The molecule has 1 N–H and O–H groups in total. The summed E-state index contributed by atoms with van der Waals surface area (Å²) >= 11 is 3.29. The summed E-state index contributed by atoms with van der Waals surface area (Å²) in [6.07, 6.45) is 1.45. The van der Waals surface area contributed by atoms with E-state index >= 15 is 0 Å². The van der Waals surface area contributed by atoms with E-state index in [9.17, 15) is 13.2 Å². The molecule has 8 heteroatoms. The van der Waals surface area contributed by atoms with Crippen LogP contribution in [-0.2, 0) is 27.9 Å². The molecule has 0 bridgehead atoms. The summed E-state index contributed by atoms with van der Waals surface area (Å²) in [6, 6.07) is 12.4. The molecule has 0 saturated carbocycles. The molecule has 27 heavy (non-hydrogen) atoms. The number of nitrogens with one attached hydrogen (secondary N) is 1. The summed E-state index contributed by atoms with van der Waals surface area (Å²) < 4.78 is 34.0. The second-order valence-electron chi connectivity index (χ2n) is 6.31. The third kappa shape index (κ3) is 4.69. The Labute approximate surface area is 167 Å². The maximum Gasteiger partial charge on any atom is 0.244 e.